The Balaban J connectivity index is 2.51. The fraction of sp³-hybridized carbons (Fsp3) is 0.375. The first-order valence-corrected chi connectivity index (χ1v) is 7.26. The summed E-state index contributed by atoms with van der Waals surface area (Å²) in [7, 11) is 1.60. The van der Waals surface area contributed by atoms with Gasteiger partial charge in [0.1, 0.15) is 0 Å². The van der Waals surface area contributed by atoms with E-state index < -0.39 is 23.2 Å². The van der Waals surface area contributed by atoms with Crippen molar-refractivity contribution in [3.05, 3.63) is 45.9 Å². The van der Waals surface area contributed by atoms with Crippen molar-refractivity contribution < 1.29 is 13.6 Å². The zero-order valence-electron chi connectivity index (χ0n) is 13.4. The molecule has 2 rings (SSSR count). The molecule has 0 aliphatic heterocycles. The number of fused-ring (bicyclic) bond motifs is 1. The summed E-state index contributed by atoms with van der Waals surface area (Å²) in [6, 6.07) is 1.08. The lowest BCUT2D eigenvalue weighted by atomic mass is 10.0. The second-order valence-corrected chi connectivity index (χ2v) is 5.78. The summed E-state index contributed by atoms with van der Waals surface area (Å²) in [5, 5.41) is 3.08. The van der Waals surface area contributed by atoms with Gasteiger partial charge in [-0.2, -0.15) is 0 Å². The van der Waals surface area contributed by atoms with Gasteiger partial charge in [-0.25, -0.2) is 13.6 Å². The Bertz CT molecular complexity index is 802. The summed E-state index contributed by atoms with van der Waals surface area (Å²) >= 11 is 0. The quantitative estimate of drug-likeness (QED) is 0.912. The topological polar surface area (TPSA) is 65.2 Å². The molecule has 0 saturated carbocycles. The van der Waals surface area contributed by atoms with Crippen LogP contribution in [0.25, 0.3) is 10.8 Å². The fourth-order valence-electron chi connectivity index (χ4n) is 2.35. The maximum absolute atomic E-state index is 13.6. The second kappa shape index (κ2) is 6.36. The second-order valence-electron chi connectivity index (χ2n) is 5.78. The molecule has 2 aromatic rings. The third-order valence-corrected chi connectivity index (χ3v) is 3.74. The molecule has 23 heavy (non-hydrogen) atoms. The molecule has 0 fully saturated rings. The van der Waals surface area contributed by atoms with E-state index in [-0.39, 0.29) is 22.8 Å². The number of aromatic amines is 1. The van der Waals surface area contributed by atoms with Gasteiger partial charge in [-0.05, 0) is 43.9 Å². The van der Waals surface area contributed by atoms with Crippen LogP contribution in [0.5, 0.6) is 0 Å². The van der Waals surface area contributed by atoms with Crippen molar-refractivity contribution in [3.63, 3.8) is 0 Å². The monoisotopic (exact) mass is 323 g/mol. The smallest absolute Gasteiger partial charge is 0.317 e. The van der Waals surface area contributed by atoms with Crippen LogP contribution in [0.15, 0.2) is 23.1 Å². The molecule has 0 bridgehead atoms. The standard InChI is InChI=1S/C16H19F2N3O2/c1-8(2)20-16(23)21(4)9(3)12-7-19-15(22)11-6-14(18)13(17)5-10(11)12/h5-9H,1-4H3,(H,19,22)(H,20,23)/t9-/m1/s1. The summed E-state index contributed by atoms with van der Waals surface area (Å²) < 4.78 is 27.0. The van der Waals surface area contributed by atoms with Crippen molar-refractivity contribution in [2.24, 2.45) is 0 Å². The Kier molecular flexibility index (Phi) is 4.68. The molecular weight excluding hydrogens is 304 g/mol. The van der Waals surface area contributed by atoms with Crippen LogP contribution in [0, 0.1) is 11.6 Å². The van der Waals surface area contributed by atoms with Crippen LogP contribution in [0.4, 0.5) is 13.6 Å². The highest BCUT2D eigenvalue weighted by Gasteiger charge is 2.21. The van der Waals surface area contributed by atoms with Crippen LogP contribution in [-0.4, -0.2) is 29.0 Å². The lowest BCUT2D eigenvalue weighted by molar-refractivity contribution is 0.192. The van der Waals surface area contributed by atoms with Crippen molar-refractivity contribution in [2.45, 2.75) is 32.9 Å². The van der Waals surface area contributed by atoms with Crippen LogP contribution < -0.4 is 10.9 Å². The molecule has 1 aromatic carbocycles. The Morgan fingerprint density at radius 1 is 1.17 bits per heavy atom. The molecule has 0 spiro atoms. The zero-order valence-corrected chi connectivity index (χ0v) is 13.4. The number of benzene rings is 1. The van der Waals surface area contributed by atoms with Crippen LogP contribution in [0.2, 0.25) is 0 Å². The number of aromatic nitrogens is 1. The Hall–Kier alpha value is -2.44. The number of amides is 2. The fourth-order valence-corrected chi connectivity index (χ4v) is 2.35. The number of H-pyrrole nitrogens is 1. The molecule has 1 atom stereocenters. The Labute approximate surface area is 132 Å². The van der Waals surface area contributed by atoms with E-state index in [1.54, 1.807) is 14.0 Å². The summed E-state index contributed by atoms with van der Waals surface area (Å²) in [6.07, 6.45) is 1.42. The first-order chi connectivity index (χ1) is 10.7. The van der Waals surface area contributed by atoms with Gasteiger partial charge in [0.05, 0.1) is 11.4 Å². The van der Waals surface area contributed by atoms with Crippen molar-refractivity contribution in [2.75, 3.05) is 7.05 Å². The van der Waals surface area contributed by atoms with Crippen molar-refractivity contribution >= 4 is 16.8 Å². The first kappa shape index (κ1) is 16.9. The number of urea groups is 1. The number of pyridine rings is 1. The van der Waals surface area contributed by atoms with Crippen molar-refractivity contribution in [1.82, 2.24) is 15.2 Å². The molecule has 5 nitrogen and oxygen atoms in total. The molecular formula is C16H19F2N3O2. The van der Waals surface area contributed by atoms with Gasteiger partial charge in [0.25, 0.3) is 5.56 Å². The maximum atomic E-state index is 13.6. The van der Waals surface area contributed by atoms with Gasteiger partial charge in [-0.1, -0.05) is 0 Å². The van der Waals surface area contributed by atoms with E-state index in [0.717, 1.165) is 12.1 Å². The van der Waals surface area contributed by atoms with Gasteiger partial charge in [0, 0.05) is 19.3 Å². The van der Waals surface area contributed by atoms with Gasteiger partial charge >= 0.3 is 6.03 Å². The molecule has 0 aliphatic carbocycles. The van der Waals surface area contributed by atoms with Crippen LogP contribution in [0.3, 0.4) is 0 Å². The largest absolute Gasteiger partial charge is 0.336 e. The van der Waals surface area contributed by atoms with Gasteiger partial charge < -0.3 is 15.2 Å². The molecule has 1 heterocycles. The van der Waals surface area contributed by atoms with E-state index in [0.29, 0.717) is 5.56 Å². The van der Waals surface area contributed by atoms with E-state index in [1.165, 1.54) is 11.1 Å². The van der Waals surface area contributed by atoms with Gasteiger partial charge in [0.15, 0.2) is 11.6 Å². The van der Waals surface area contributed by atoms with Crippen LogP contribution in [0.1, 0.15) is 32.4 Å². The highest BCUT2D eigenvalue weighted by molar-refractivity contribution is 5.86. The minimum absolute atomic E-state index is 0.0315. The summed E-state index contributed by atoms with van der Waals surface area (Å²) in [5.41, 5.74) is 0.0176. The molecule has 0 aliphatic rings. The molecule has 2 amide bonds. The molecule has 1 aromatic heterocycles. The summed E-state index contributed by atoms with van der Waals surface area (Å²) in [5.74, 6) is -2.12. The number of carbonyl (C=O) groups is 1. The average molecular weight is 323 g/mol. The Morgan fingerprint density at radius 3 is 2.30 bits per heavy atom. The number of nitrogens with one attached hydrogen (secondary N) is 2. The minimum Gasteiger partial charge on any atom is -0.336 e. The number of carbonyl (C=O) groups excluding carboxylic acids is 1. The lowest BCUT2D eigenvalue weighted by Gasteiger charge is -2.27. The van der Waals surface area contributed by atoms with Crippen molar-refractivity contribution in [3.8, 4) is 0 Å². The number of nitrogens with zero attached hydrogens (tertiary/aromatic N) is 1. The predicted octanol–water partition coefficient (Wildman–Crippen LogP) is 2.92. The number of hydrogen-bond donors (Lipinski definition) is 2. The summed E-state index contributed by atoms with van der Waals surface area (Å²) in [4.78, 5) is 27.9. The van der Waals surface area contributed by atoms with E-state index in [1.807, 2.05) is 13.8 Å². The minimum atomic E-state index is -1.08. The number of rotatable bonds is 3. The molecule has 0 unspecified atom stereocenters. The number of hydrogen-bond acceptors (Lipinski definition) is 2. The number of halogens is 2. The molecule has 2 N–H and O–H groups in total. The predicted molar refractivity (Wildman–Crippen MR) is 84.3 cm³/mol. The SMILES string of the molecule is CC(C)NC(=O)N(C)[C@H](C)c1c[nH]c(=O)c2cc(F)c(F)cc12. The van der Waals surface area contributed by atoms with E-state index >= 15 is 0 Å². The lowest BCUT2D eigenvalue weighted by Crippen LogP contribution is -2.42. The molecule has 0 saturated heterocycles. The van der Waals surface area contributed by atoms with Gasteiger partial charge in [-0.15, -0.1) is 0 Å². The highest BCUT2D eigenvalue weighted by Crippen LogP contribution is 2.26. The van der Waals surface area contributed by atoms with Crippen molar-refractivity contribution in [1.29, 1.82) is 0 Å². The van der Waals surface area contributed by atoms with Crippen LogP contribution >= 0.6 is 0 Å². The maximum Gasteiger partial charge on any atom is 0.317 e. The third-order valence-electron chi connectivity index (χ3n) is 3.74. The third kappa shape index (κ3) is 3.33. The summed E-state index contributed by atoms with van der Waals surface area (Å²) in [6.45, 7) is 5.42. The highest BCUT2D eigenvalue weighted by atomic mass is 19.2. The van der Waals surface area contributed by atoms with E-state index in [2.05, 4.69) is 10.3 Å². The first-order valence-electron chi connectivity index (χ1n) is 7.26. The van der Waals surface area contributed by atoms with Crippen LogP contribution in [-0.2, 0) is 0 Å². The van der Waals surface area contributed by atoms with E-state index in [4.69, 9.17) is 0 Å². The molecule has 124 valence electrons. The Morgan fingerprint density at radius 2 is 1.74 bits per heavy atom. The molecule has 7 heteroatoms. The van der Waals surface area contributed by atoms with Gasteiger partial charge in [0.2, 0.25) is 0 Å². The molecule has 0 radical (unpaired) electrons. The normalized spacial score (nSPS) is 12.5. The zero-order chi connectivity index (χ0) is 17.3. The van der Waals surface area contributed by atoms with Gasteiger partial charge in [-0.3, -0.25) is 4.79 Å². The van der Waals surface area contributed by atoms with E-state index in [9.17, 15) is 18.4 Å². The average Bonchev–Trinajstić information content (AvgIpc) is 2.47.